The van der Waals surface area contributed by atoms with E-state index in [0.29, 0.717) is 30.2 Å². The zero-order valence-corrected chi connectivity index (χ0v) is 14.9. The lowest BCUT2D eigenvalue weighted by molar-refractivity contribution is 0.0511. The van der Waals surface area contributed by atoms with Crippen LogP contribution in [0.1, 0.15) is 32.0 Å². The monoisotopic (exact) mass is 344 g/mol. The maximum absolute atomic E-state index is 11.8. The summed E-state index contributed by atoms with van der Waals surface area (Å²) in [7, 11) is 0. The number of rotatable bonds is 4. The first kappa shape index (κ1) is 18.6. The van der Waals surface area contributed by atoms with Crippen LogP contribution in [0.3, 0.4) is 0 Å². The molecule has 0 spiro atoms. The fourth-order valence-corrected chi connectivity index (χ4v) is 2.30. The minimum atomic E-state index is -0.596. The van der Waals surface area contributed by atoms with Gasteiger partial charge in [0.05, 0.1) is 24.6 Å². The van der Waals surface area contributed by atoms with Crippen molar-refractivity contribution in [2.45, 2.75) is 26.4 Å². The molecule has 1 fully saturated rings. The van der Waals surface area contributed by atoms with E-state index < -0.39 is 11.7 Å². The number of carbonyl (C=O) groups excluding carboxylic acids is 1. The number of nitrogens with zero attached hydrogens (tertiary/aromatic N) is 2. The van der Waals surface area contributed by atoms with Gasteiger partial charge in [-0.1, -0.05) is 12.5 Å². The van der Waals surface area contributed by atoms with E-state index >= 15 is 0 Å². The third kappa shape index (κ3) is 5.40. The highest BCUT2D eigenvalue weighted by Crippen LogP contribution is 2.25. The molecule has 0 saturated carbocycles. The third-order valence-electron chi connectivity index (χ3n) is 3.39. The van der Waals surface area contributed by atoms with Gasteiger partial charge < -0.3 is 14.4 Å². The fourth-order valence-electron chi connectivity index (χ4n) is 2.30. The molecule has 2 rings (SSSR count). The van der Waals surface area contributed by atoms with Gasteiger partial charge in [-0.2, -0.15) is 0 Å². The Bertz CT molecular complexity index is 683. The molecule has 0 bridgehead atoms. The zero-order chi connectivity index (χ0) is 18.4. The molecule has 1 aliphatic heterocycles. The third-order valence-corrected chi connectivity index (χ3v) is 3.39. The first-order valence-electron chi connectivity index (χ1n) is 8.04. The molecule has 1 aromatic rings. The average molecular weight is 344 g/mol. The number of morpholine rings is 1. The van der Waals surface area contributed by atoms with Crippen LogP contribution in [0.15, 0.2) is 18.8 Å². The molecular formula is C18H24N4O3. The van der Waals surface area contributed by atoms with Crippen molar-refractivity contribution < 1.29 is 14.3 Å². The summed E-state index contributed by atoms with van der Waals surface area (Å²) in [6.07, 6.45) is 6.49. The van der Waals surface area contributed by atoms with Crippen molar-refractivity contribution in [1.29, 1.82) is 0 Å². The second kappa shape index (κ2) is 7.90. The van der Waals surface area contributed by atoms with E-state index in [4.69, 9.17) is 15.9 Å². The van der Waals surface area contributed by atoms with Crippen LogP contribution in [0, 0.1) is 12.3 Å². The standard InChI is InChI=1S/C18H24N4O3/c1-6-14-11-15(22-7-9-24-10-8-22)16(19-12-14)13(2)20-21-17(23)25-18(3,4)5/h1,11-12,20H,2,7-10H2,3-5H3,(H,21,23). The summed E-state index contributed by atoms with van der Waals surface area (Å²) in [5.74, 6) is 2.59. The van der Waals surface area contributed by atoms with E-state index in [2.05, 4.69) is 33.2 Å². The topological polar surface area (TPSA) is 75.7 Å². The minimum absolute atomic E-state index is 0.441. The van der Waals surface area contributed by atoms with E-state index in [-0.39, 0.29) is 0 Å². The Balaban J connectivity index is 2.13. The van der Waals surface area contributed by atoms with Gasteiger partial charge in [0.2, 0.25) is 0 Å². The molecule has 0 aliphatic carbocycles. The van der Waals surface area contributed by atoms with Crippen LogP contribution in [-0.4, -0.2) is 43.0 Å². The van der Waals surface area contributed by atoms with Gasteiger partial charge >= 0.3 is 6.09 Å². The summed E-state index contributed by atoms with van der Waals surface area (Å²) in [5, 5.41) is 0. The number of ether oxygens (including phenoxy) is 2. The second-order valence-electron chi connectivity index (χ2n) is 6.57. The Labute approximate surface area is 148 Å². The minimum Gasteiger partial charge on any atom is -0.443 e. The Morgan fingerprint density at radius 1 is 1.40 bits per heavy atom. The summed E-state index contributed by atoms with van der Waals surface area (Å²) in [6, 6.07) is 1.88. The molecule has 1 amide bonds. The quantitative estimate of drug-likeness (QED) is 0.642. The number of aromatic nitrogens is 1. The van der Waals surface area contributed by atoms with E-state index in [0.717, 1.165) is 18.8 Å². The molecule has 134 valence electrons. The normalized spacial score (nSPS) is 14.4. The summed E-state index contributed by atoms with van der Waals surface area (Å²) < 4.78 is 10.6. The molecule has 2 heterocycles. The number of terminal acetylenes is 1. The molecule has 1 saturated heterocycles. The first-order chi connectivity index (χ1) is 11.8. The number of pyridine rings is 1. The highest BCUT2D eigenvalue weighted by atomic mass is 16.6. The van der Waals surface area contributed by atoms with Gasteiger partial charge in [0.1, 0.15) is 11.3 Å². The molecule has 0 unspecified atom stereocenters. The lowest BCUT2D eigenvalue weighted by atomic mass is 10.1. The second-order valence-corrected chi connectivity index (χ2v) is 6.57. The average Bonchev–Trinajstić information content (AvgIpc) is 2.58. The summed E-state index contributed by atoms with van der Waals surface area (Å²) >= 11 is 0. The van der Waals surface area contributed by atoms with Gasteiger partial charge in [0.25, 0.3) is 0 Å². The molecule has 2 N–H and O–H groups in total. The van der Waals surface area contributed by atoms with Crippen LogP contribution in [0.5, 0.6) is 0 Å². The van der Waals surface area contributed by atoms with Crippen LogP contribution in [0.4, 0.5) is 10.5 Å². The van der Waals surface area contributed by atoms with Crippen molar-refractivity contribution in [3.63, 3.8) is 0 Å². The SMILES string of the molecule is C#Cc1cnc(C(=C)NNC(=O)OC(C)(C)C)c(N2CCOCC2)c1. The van der Waals surface area contributed by atoms with Crippen LogP contribution in [0.2, 0.25) is 0 Å². The number of amides is 1. The maximum atomic E-state index is 11.8. The summed E-state index contributed by atoms with van der Waals surface area (Å²) in [4.78, 5) is 18.3. The molecule has 1 aliphatic rings. The van der Waals surface area contributed by atoms with Gasteiger partial charge in [0, 0.05) is 24.8 Å². The van der Waals surface area contributed by atoms with Crippen molar-refractivity contribution in [2.24, 2.45) is 0 Å². The van der Waals surface area contributed by atoms with Gasteiger partial charge in [-0.25, -0.2) is 10.2 Å². The molecule has 7 heteroatoms. The lowest BCUT2D eigenvalue weighted by Gasteiger charge is -2.30. The van der Waals surface area contributed by atoms with Gasteiger partial charge in [0.15, 0.2) is 0 Å². The number of hydrogen-bond donors (Lipinski definition) is 2. The van der Waals surface area contributed by atoms with Crippen molar-refractivity contribution in [1.82, 2.24) is 15.8 Å². The van der Waals surface area contributed by atoms with Crippen LogP contribution in [-0.2, 0) is 9.47 Å². The molecule has 0 atom stereocenters. The van der Waals surface area contributed by atoms with Crippen molar-refractivity contribution in [3.05, 3.63) is 30.1 Å². The van der Waals surface area contributed by atoms with E-state index in [9.17, 15) is 4.79 Å². The lowest BCUT2D eigenvalue weighted by Crippen LogP contribution is -2.41. The Hall–Kier alpha value is -2.72. The van der Waals surface area contributed by atoms with Crippen molar-refractivity contribution >= 4 is 17.5 Å². The van der Waals surface area contributed by atoms with Crippen LogP contribution < -0.4 is 15.8 Å². The van der Waals surface area contributed by atoms with Crippen LogP contribution >= 0.6 is 0 Å². The number of nitrogens with one attached hydrogen (secondary N) is 2. The molecule has 7 nitrogen and oxygen atoms in total. The molecule has 0 aromatic carbocycles. The molecule has 25 heavy (non-hydrogen) atoms. The highest BCUT2D eigenvalue weighted by Gasteiger charge is 2.19. The largest absolute Gasteiger partial charge is 0.443 e. The Morgan fingerprint density at radius 3 is 2.68 bits per heavy atom. The predicted molar refractivity (Wildman–Crippen MR) is 96.7 cm³/mol. The molecular weight excluding hydrogens is 320 g/mol. The smallest absolute Gasteiger partial charge is 0.426 e. The first-order valence-corrected chi connectivity index (χ1v) is 8.04. The zero-order valence-electron chi connectivity index (χ0n) is 14.9. The number of anilines is 1. The number of carbonyl (C=O) groups is 1. The predicted octanol–water partition coefficient (Wildman–Crippen LogP) is 1.90. The van der Waals surface area contributed by atoms with Gasteiger partial charge in [-0.15, -0.1) is 6.42 Å². The van der Waals surface area contributed by atoms with Crippen LogP contribution in [0.25, 0.3) is 5.70 Å². The molecule has 0 radical (unpaired) electrons. The van der Waals surface area contributed by atoms with E-state index in [1.807, 2.05) is 6.07 Å². The summed E-state index contributed by atoms with van der Waals surface area (Å²) in [6.45, 7) is 12.1. The van der Waals surface area contributed by atoms with E-state index in [1.165, 1.54) is 0 Å². The van der Waals surface area contributed by atoms with Gasteiger partial charge in [-0.05, 0) is 26.8 Å². The van der Waals surface area contributed by atoms with Crippen molar-refractivity contribution in [3.8, 4) is 12.3 Å². The van der Waals surface area contributed by atoms with Crippen molar-refractivity contribution in [2.75, 3.05) is 31.2 Å². The fraction of sp³-hybridized carbons (Fsp3) is 0.444. The number of hydrogen-bond acceptors (Lipinski definition) is 6. The Kier molecular flexibility index (Phi) is 5.88. The molecule has 1 aromatic heterocycles. The number of hydrazine groups is 1. The van der Waals surface area contributed by atoms with E-state index in [1.54, 1.807) is 27.0 Å². The van der Waals surface area contributed by atoms with Gasteiger partial charge in [-0.3, -0.25) is 10.4 Å². The summed E-state index contributed by atoms with van der Waals surface area (Å²) in [5.41, 5.74) is 7.20. The Morgan fingerprint density at radius 2 is 2.08 bits per heavy atom. The highest BCUT2D eigenvalue weighted by molar-refractivity contribution is 5.75. The maximum Gasteiger partial charge on any atom is 0.426 e.